The molecule has 5 rings (SSSR count). The highest BCUT2D eigenvalue weighted by Gasteiger charge is 2.27. The molecule has 3 aromatic carbocycles. The highest BCUT2D eigenvalue weighted by Crippen LogP contribution is 2.33. The monoisotopic (exact) mass is 473 g/mol. The van der Waals surface area contributed by atoms with Crippen molar-refractivity contribution in [2.45, 2.75) is 25.7 Å². The second kappa shape index (κ2) is 10.0. The maximum Gasteiger partial charge on any atom is 0.270 e. The zero-order valence-electron chi connectivity index (χ0n) is 19.2. The van der Waals surface area contributed by atoms with Crippen LogP contribution in [0.2, 0.25) is 0 Å². The molecule has 3 N–H and O–H groups in total. The van der Waals surface area contributed by atoms with Gasteiger partial charge in [-0.25, -0.2) is 0 Å². The Morgan fingerprint density at radius 3 is 2.43 bits per heavy atom. The largest absolute Gasteiger partial charge is 0.454 e. The normalized spacial score (nSPS) is 18.6. The highest BCUT2D eigenvalue weighted by atomic mass is 16.7. The van der Waals surface area contributed by atoms with Crippen molar-refractivity contribution >= 4 is 28.5 Å². The molecule has 0 bridgehead atoms. The number of benzene rings is 3. The molecular weight excluding hydrogens is 446 g/mol. The van der Waals surface area contributed by atoms with E-state index in [1.807, 2.05) is 36.4 Å². The van der Waals surface area contributed by atoms with Gasteiger partial charge in [0, 0.05) is 23.6 Å². The van der Waals surface area contributed by atoms with Gasteiger partial charge < -0.3 is 14.8 Å². The fourth-order valence-corrected chi connectivity index (χ4v) is 4.72. The Hall–Kier alpha value is -4.07. The van der Waals surface area contributed by atoms with E-state index in [1.165, 1.54) is 0 Å². The second-order valence-corrected chi connectivity index (χ2v) is 8.97. The number of nitrogens with one attached hydrogen (secondary N) is 3. The van der Waals surface area contributed by atoms with Crippen molar-refractivity contribution in [2.24, 2.45) is 11.8 Å². The van der Waals surface area contributed by atoms with E-state index in [2.05, 4.69) is 16.2 Å². The molecule has 1 aliphatic heterocycles. The molecule has 0 saturated heterocycles. The zero-order chi connectivity index (χ0) is 24.2. The summed E-state index contributed by atoms with van der Waals surface area (Å²) in [6.45, 7) is 0.726. The first-order valence-electron chi connectivity index (χ1n) is 11.8. The second-order valence-electron chi connectivity index (χ2n) is 8.97. The first-order valence-corrected chi connectivity index (χ1v) is 11.8. The molecule has 0 aromatic heterocycles. The van der Waals surface area contributed by atoms with Crippen molar-refractivity contribution in [3.8, 4) is 11.5 Å². The molecule has 1 saturated carbocycles. The van der Waals surface area contributed by atoms with Gasteiger partial charge in [-0.15, -0.1) is 0 Å². The summed E-state index contributed by atoms with van der Waals surface area (Å²) in [5.74, 6) is 0.699. The molecule has 8 nitrogen and oxygen atoms in total. The van der Waals surface area contributed by atoms with E-state index in [4.69, 9.17) is 9.47 Å². The molecule has 180 valence electrons. The number of carbonyl (C=O) groups is 3. The SMILES string of the molecule is O=C(NCC1CCC(C(=O)NNC(=O)c2cccc3ccccc23)CC1)c1ccc2c(c1)OCO2. The minimum Gasteiger partial charge on any atom is -0.454 e. The van der Waals surface area contributed by atoms with Gasteiger partial charge in [0.2, 0.25) is 12.7 Å². The van der Waals surface area contributed by atoms with E-state index in [0.29, 0.717) is 47.9 Å². The Kier molecular flexibility index (Phi) is 6.52. The maximum atomic E-state index is 12.6. The van der Waals surface area contributed by atoms with Crippen LogP contribution >= 0.6 is 0 Å². The van der Waals surface area contributed by atoms with Crippen LogP contribution < -0.4 is 25.6 Å². The average Bonchev–Trinajstić information content (AvgIpc) is 3.38. The number of hydrogen-bond acceptors (Lipinski definition) is 5. The summed E-state index contributed by atoms with van der Waals surface area (Å²) < 4.78 is 10.6. The molecule has 3 amide bonds. The van der Waals surface area contributed by atoms with Crippen LogP contribution in [0, 0.1) is 11.8 Å². The average molecular weight is 474 g/mol. The highest BCUT2D eigenvalue weighted by molar-refractivity contribution is 6.07. The van der Waals surface area contributed by atoms with Gasteiger partial charge in [0.15, 0.2) is 11.5 Å². The summed E-state index contributed by atoms with van der Waals surface area (Å²) in [5.41, 5.74) is 6.20. The summed E-state index contributed by atoms with van der Waals surface area (Å²) in [4.78, 5) is 37.8. The van der Waals surface area contributed by atoms with Crippen molar-refractivity contribution < 1.29 is 23.9 Å². The van der Waals surface area contributed by atoms with Crippen molar-refractivity contribution in [2.75, 3.05) is 13.3 Å². The molecule has 1 fully saturated rings. The number of carbonyl (C=O) groups excluding carboxylic acids is 3. The van der Waals surface area contributed by atoms with Gasteiger partial charge in [-0.1, -0.05) is 36.4 Å². The number of hydrazine groups is 1. The predicted molar refractivity (Wildman–Crippen MR) is 130 cm³/mol. The number of ether oxygens (including phenoxy) is 2. The minimum absolute atomic E-state index is 0.153. The van der Waals surface area contributed by atoms with Crippen molar-refractivity contribution in [1.82, 2.24) is 16.2 Å². The lowest BCUT2D eigenvalue weighted by Crippen LogP contribution is -2.45. The van der Waals surface area contributed by atoms with E-state index >= 15 is 0 Å². The third-order valence-corrected chi connectivity index (χ3v) is 6.74. The Bertz CT molecular complexity index is 1260. The predicted octanol–water partition coefficient (Wildman–Crippen LogP) is 3.57. The molecule has 0 atom stereocenters. The van der Waals surface area contributed by atoms with Crippen molar-refractivity contribution in [1.29, 1.82) is 0 Å². The molecule has 0 radical (unpaired) electrons. The number of hydrogen-bond donors (Lipinski definition) is 3. The number of rotatable bonds is 5. The summed E-state index contributed by atoms with van der Waals surface area (Å²) >= 11 is 0. The topological polar surface area (TPSA) is 106 Å². The lowest BCUT2D eigenvalue weighted by molar-refractivity contribution is -0.127. The van der Waals surface area contributed by atoms with Gasteiger partial charge in [-0.3, -0.25) is 25.2 Å². The first-order chi connectivity index (χ1) is 17.1. The summed E-state index contributed by atoms with van der Waals surface area (Å²) in [5, 5.41) is 4.79. The lowest BCUT2D eigenvalue weighted by Gasteiger charge is -2.28. The lowest BCUT2D eigenvalue weighted by atomic mass is 9.81. The molecule has 1 aliphatic carbocycles. The smallest absolute Gasteiger partial charge is 0.270 e. The third kappa shape index (κ3) is 5.06. The van der Waals surface area contributed by atoms with Gasteiger partial charge in [-0.2, -0.15) is 0 Å². The zero-order valence-corrected chi connectivity index (χ0v) is 19.2. The minimum atomic E-state index is -0.338. The van der Waals surface area contributed by atoms with Crippen LogP contribution in [0.15, 0.2) is 60.7 Å². The van der Waals surface area contributed by atoms with Crippen LogP contribution in [0.25, 0.3) is 10.8 Å². The van der Waals surface area contributed by atoms with Gasteiger partial charge in [0.05, 0.1) is 0 Å². The fraction of sp³-hybridized carbons (Fsp3) is 0.296. The van der Waals surface area contributed by atoms with Crippen LogP contribution in [0.3, 0.4) is 0 Å². The Morgan fingerprint density at radius 1 is 0.800 bits per heavy atom. The Balaban J connectivity index is 1.07. The van der Waals surface area contributed by atoms with E-state index < -0.39 is 0 Å². The van der Waals surface area contributed by atoms with E-state index in [9.17, 15) is 14.4 Å². The molecule has 0 unspecified atom stereocenters. The molecular formula is C27H27N3O5. The third-order valence-electron chi connectivity index (χ3n) is 6.74. The van der Waals surface area contributed by atoms with E-state index in [1.54, 1.807) is 24.3 Å². The van der Waals surface area contributed by atoms with Gasteiger partial charge >= 0.3 is 0 Å². The molecule has 0 spiro atoms. The van der Waals surface area contributed by atoms with Gasteiger partial charge in [0.25, 0.3) is 11.8 Å². The summed E-state index contributed by atoms with van der Waals surface area (Å²) in [6, 6.07) is 18.3. The standard InChI is InChI=1S/C27H27N3O5/c31-25(20-12-13-23-24(14-20)35-16-34-23)28-15-17-8-10-19(11-9-17)26(32)29-30-27(33)22-7-3-5-18-4-1-2-6-21(18)22/h1-7,12-14,17,19H,8-11,15-16H2,(H,28,31)(H,29,32)(H,30,33). The van der Waals surface area contributed by atoms with E-state index in [0.717, 1.165) is 23.6 Å². The maximum absolute atomic E-state index is 12.6. The quantitative estimate of drug-likeness (QED) is 0.492. The van der Waals surface area contributed by atoms with Crippen LogP contribution in [0.1, 0.15) is 46.4 Å². The molecule has 2 aliphatic rings. The van der Waals surface area contributed by atoms with E-state index in [-0.39, 0.29) is 30.4 Å². The number of amides is 3. The van der Waals surface area contributed by atoms with Gasteiger partial charge in [0.1, 0.15) is 0 Å². The van der Waals surface area contributed by atoms with Gasteiger partial charge in [-0.05, 0) is 66.6 Å². The summed E-state index contributed by atoms with van der Waals surface area (Å²) in [7, 11) is 0. The van der Waals surface area contributed by atoms with Crippen molar-refractivity contribution in [3.05, 3.63) is 71.8 Å². The Labute approximate surface area is 203 Å². The number of fused-ring (bicyclic) bond motifs is 2. The molecule has 35 heavy (non-hydrogen) atoms. The first kappa shape index (κ1) is 22.7. The molecule has 8 heteroatoms. The van der Waals surface area contributed by atoms with Crippen LogP contribution in [0.5, 0.6) is 11.5 Å². The van der Waals surface area contributed by atoms with Crippen LogP contribution in [0.4, 0.5) is 0 Å². The van der Waals surface area contributed by atoms with Crippen molar-refractivity contribution in [3.63, 3.8) is 0 Å². The van der Waals surface area contributed by atoms with Crippen LogP contribution in [-0.2, 0) is 4.79 Å². The molecule has 1 heterocycles. The molecule has 3 aromatic rings. The fourth-order valence-electron chi connectivity index (χ4n) is 4.72. The van der Waals surface area contributed by atoms with Crippen LogP contribution in [-0.4, -0.2) is 31.1 Å². The summed E-state index contributed by atoms with van der Waals surface area (Å²) in [6.07, 6.45) is 3.08. The Morgan fingerprint density at radius 2 is 1.57 bits per heavy atom.